The number of rotatable bonds is 4. The van der Waals surface area contributed by atoms with Crippen LogP contribution in [-0.2, 0) is 4.79 Å². The van der Waals surface area contributed by atoms with Gasteiger partial charge in [-0.2, -0.15) is 0 Å². The normalized spacial score (nSPS) is 8.11. The third kappa shape index (κ3) is 5.01. The van der Waals surface area contributed by atoms with Gasteiger partial charge in [0.15, 0.2) is 5.78 Å². The highest BCUT2D eigenvalue weighted by molar-refractivity contribution is 5.89. The maximum Gasteiger partial charge on any atom is 0.163 e. The summed E-state index contributed by atoms with van der Waals surface area (Å²) in [5.74, 6) is -0.0287. The molecule has 0 heterocycles. The molecule has 0 aliphatic heterocycles. The fourth-order valence-corrected chi connectivity index (χ4v) is 0.439. The number of carbonyl (C=O) groups excluding carboxylic acids is 1. The van der Waals surface area contributed by atoms with Crippen LogP contribution in [0.2, 0.25) is 0 Å². The van der Waals surface area contributed by atoms with Crippen LogP contribution in [0.5, 0.6) is 0 Å². The average Bonchev–Trinajstić information content (AvgIpc) is 1.85. The molecular weight excluding hydrogens is 116 g/mol. The second kappa shape index (κ2) is 5.29. The molecule has 0 aromatic heterocycles. The first-order valence-corrected chi connectivity index (χ1v) is 2.80. The molecule has 0 bridgehead atoms. The summed E-state index contributed by atoms with van der Waals surface area (Å²) in [6.07, 6.45) is 2.20. The molecule has 0 radical (unpaired) electrons. The lowest BCUT2D eigenvalue weighted by Crippen LogP contribution is -1.93. The molecule has 0 amide bonds. The Labute approximate surface area is 54.5 Å². The van der Waals surface area contributed by atoms with Crippen molar-refractivity contribution < 1.29 is 9.90 Å². The van der Waals surface area contributed by atoms with Gasteiger partial charge in [0.05, 0.1) is 0 Å². The van der Waals surface area contributed by atoms with E-state index < -0.39 is 0 Å². The quantitative estimate of drug-likeness (QED) is 0.444. The van der Waals surface area contributed by atoms with Crippen LogP contribution < -0.4 is 0 Å². The third-order valence-corrected chi connectivity index (χ3v) is 0.844. The van der Waals surface area contributed by atoms with Crippen LogP contribution in [0, 0.1) is 0 Å². The minimum Gasteiger partial charge on any atom is -0.396 e. The zero-order chi connectivity index (χ0) is 7.11. The van der Waals surface area contributed by atoms with Gasteiger partial charge < -0.3 is 5.11 Å². The number of aliphatic hydroxyl groups is 1. The van der Waals surface area contributed by atoms with Crippen molar-refractivity contribution in [2.24, 2.45) is 0 Å². The average molecular weight is 126 g/mol. The van der Waals surface area contributed by atoms with Crippen LogP contribution in [0.25, 0.3) is 0 Å². The molecule has 0 fully saturated rings. The molecule has 0 saturated heterocycles. The van der Waals surface area contributed by atoms with Gasteiger partial charge in [0.2, 0.25) is 0 Å². The van der Waals surface area contributed by atoms with Crippen molar-refractivity contribution in [3.05, 3.63) is 18.4 Å². The Hall–Kier alpha value is -0.850. The van der Waals surface area contributed by atoms with Crippen molar-refractivity contribution in [2.45, 2.75) is 12.8 Å². The second-order valence-corrected chi connectivity index (χ2v) is 1.64. The summed E-state index contributed by atoms with van der Waals surface area (Å²) in [7, 11) is 0. The van der Waals surface area contributed by atoms with Crippen LogP contribution in [0.15, 0.2) is 18.4 Å². The number of allylic oxidation sites excluding steroid dienone is 1. The molecule has 0 atom stereocenters. The fourth-order valence-electron chi connectivity index (χ4n) is 0.439. The maximum absolute atomic E-state index is 10.5. The van der Waals surface area contributed by atoms with Gasteiger partial charge in [0, 0.05) is 19.1 Å². The number of ketones is 1. The number of hydrogen-bond donors (Lipinski definition) is 1. The van der Waals surface area contributed by atoms with Crippen molar-refractivity contribution in [3.8, 4) is 0 Å². The molecular formula is C7H10O2. The largest absolute Gasteiger partial charge is 0.396 e. The van der Waals surface area contributed by atoms with Gasteiger partial charge in [-0.1, -0.05) is 6.58 Å². The van der Waals surface area contributed by atoms with E-state index in [1.54, 1.807) is 0 Å². The Morgan fingerprint density at radius 1 is 1.78 bits per heavy atom. The molecule has 0 spiro atoms. The molecule has 0 aromatic carbocycles. The van der Waals surface area contributed by atoms with E-state index in [2.05, 4.69) is 12.3 Å². The minimum atomic E-state index is -0.0287. The molecule has 1 N–H and O–H groups in total. The highest BCUT2D eigenvalue weighted by atomic mass is 16.3. The van der Waals surface area contributed by atoms with Gasteiger partial charge >= 0.3 is 0 Å². The molecule has 0 aromatic rings. The molecule has 0 aliphatic carbocycles. The molecule has 0 rings (SSSR count). The van der Waals surface area contributed by atoms with E-state index in [1.807, 2.05) is 0 Å². The molecule has 0 aliphatic rings. The Bertz CT molecular complexity index is 132. The van der Waals surface area contributed by atoms with Crippen LogP contribution in [0.1, 0.15) is 12.8 Å². The lowest BCUT2D eigenvalue weighted by atomic mass is 10.2. The topological polar surface area (TPSA) is 37.3 Å². The summed E-state index contributed by atoms with van der Waals surface area (Å²) in [6.45, 7) is 3.31. The second-order valence-electron chi connectivity index (χ2n) is 1.64. The van der Waals surface area contributed by atoms with Crippen molar-refractivity contribution in [2.75, 3.05) is 6.61 Å². The van der Waals surface area contributed by atoms with Crippen molar-refractivity contribution in [1.29, 1.82) is 0 Å². The van der Waals surface area contributed by atoms with E-state index in [0.717, 1.165) is 0 Å². The summed E-state index contributed by atoms with van der Waals surface area (Å²) in [5, 5.41) is 8.28. The van der Waals surface area contributed by atoms with Crippen LogP contribution in [0.4, 0.5) is 0 Å². The lowest BCUT2D eigenvalue weighted by Gasteiger charge is -1.87. The van der Waals surface area contributed by atoms with Gasteiger partial charge in [0.25, 0.3) is 0 Å². The van der Waals surface area contributed by atoms with E-state index in [-0.39, 0.29) is 12.4 Å². The summed E-state index contributed by atoms with van der Waals surface area (Å²) in [5.41, 5.74) is 2.37. The number of hydrogen-bond acceptors (Lipinski definition) is 2. The minimum absolute atomic E-state index is 0.0287. The Morgan fingerprint density at radius 2 is 2.44 bits per heavy atom. The molecule has 2 nitrogen and oxygen atoms in total. The van der Waals surface area contributed by atoms with E-state index in [9.17, 15) is 4.79 Å². The monoisotopic (exact) mass is 126 g/mol. The summed E-state index contributed by atoms with van der Waals surface area (Å²) in [4.78, 5) is 10.5. The predicted molar refractivity (Wildman–Crippen MR) is 35.0 cm³/mol. The van der Waals surface area contributed by atoms with E-state index in [1.165, 1.54) is 6.08 Å². The zero-order valence-electron chi connectivity index (χ0n) is 5.26. The zero-order valence-corrected chi connectivity index (χ0v) is 5.26. The first kappa shape index (κ1) is 8.15. The Morgan fingerprint density at radius 3 is 2.89 bits per heavy atom. The van der Waals surface area contributed by atoms with Gasteiger partial charge in [-0.25, -0.2) is 0 Å². The van der Waals surface area contributed by atoms with E-state index in [0.29, 0.717) is 12.8 Å². The van der Waals surface area contributed by atoms with Crippen LogP contribution in [0.3, 0.4) is 0 Å². The van der Waals surface area contributed by atoms with Crippen LogP contribution in [-0.4, -0.2) is 17.5 Å². The fraction of sp³-hybridized carbons (Fsp3) is 0.429. The molecule has 50 valence electrons. The van der Waals surface area contributed by atoms with E-state index >= 15 is 0 Å². The third-order valence-electron chi connectivity index (χ3n) is 0.844. The van der Waals surface area contributed by atoms with Crippen LogP contribution >= 0.6 is 0 Å². The van der Waals surface area contributed by atoms with Crippen molar-refractivity contribution in [1.82, 2.24) is 0 Å². The lowest BCUT2D eigenvalue weighted by molar-refractivity contribution is -0.114. The SMILES string of the molecule is C=C=CC(=O)CCCO. The summed E-state index contributed by atoms with van der Waals surface area (Å²) < 4.78 is 0. The van der Waals surface area contributed by atoms with Crippen molar-refractivity contribution >= 4 is 5.78 Å². The van der Waals surface area contributed by atoms with Gasteiger partial charge in [-0.3, -0.25) is 4.79 Å². The molecule has 9 heavy (non-hydrogen) atoms. The Kier molecular flexibility index (Phi) is 4.79. The maximum atomic E-state index is 10.5. The van der Waals surface area contributed by atoms with E-state index in [4.69, 9.17) is 5.11 Å². The predicted octanol–water partition coefficient (Wildman–Crippen LogP) is 0.669. The molecule has 0 saturated carbocycles. The highest BCUT2D eigenvalue weighted by Gasteiger charge is 1.92. The van der Waals surface area contributed by atoms with Gasteiger partial charge in [0.1, 0.15) is 0 Å². The Balaban J connectivity index is 3.39. The number of aliphatic hydroxyl groups excluding tert-OH is 1. The first-order chi connectivity index (χ1) is 4.31. The summed E-state index contributed by atoms with van der Waals surface area (Å²) >= 11 is 0. The van der Waals surface area contributed by atoms with Crippen molar-refractivity contribution in [3.63, 3.8) is 0 Å². The van der Waals surface area contributed by atoms with Gasteiger partial charge in [-0.05, 0) is 6.42 Å². The standard InChI is InChI=1S/C7H10O2/c1-2-4-7(9)5-3-6-8/h4,8H,1,3,5-6H2. The van der Waals surface area contributed by atoms with Gasteiger partial charge in [-0.15, -0.1) is 5.73 Å². The molecule has 2 heteroatoms. The first-order valence-electron chi connectivity index (χ1n) is 2.80. The smallest absolute Gasteiger partial charge is 0.163 e. The number of carbonyl (C=O) groups is 1. The summed E-state index contributed by atoms with van der Waals surface area (Å²) in [6, 6.07) is 0. The molecule has 0 unspecified atom stereocenters. The highest BCUT2D eigenvalue weighted by Crippen LogP contribution is 1.88.